The first-order valence-electron chi connectivity index (χ1n) is 31.0. The van der Waals surface area contributed by atoms with Crippen molar-refractivity contribution < 1.29 is 82.2 Å². The smallest absolute Gasteiger partial charge is 0.276 e. The van der Waals surface area contributed by atoms with Crippen LogP contribution in [0.5, 0.6) is 0 Å². The molecule has 0 spiro atoms. The third-order valence-corrected chi connectivity index (χ3v) is 18.2. The molecule has 492 valence electrons. The molecule has 0 aromatic heterocycles. The summed E-state index contributed by atoms with van der Waals surface area (Å²) in [7, 11) is -11.5. The van der Waals surface area contributed by atoms with E-state index in [1.54, 1.807) is 13.0 Å². The number of rotatable bonds is 41. The molecule has 0 aromatic carbocycles. The fraction of sp³-hybridized carbons (Fsp3) is 0.672. The van der Waals surface area contributed by atoms with Gasteiger partial charge in [-0.15, -0.1) is 0 Å². The Morgan fingerprint density at radius 1 is 0.395 bits per heavy atom. The van der Waals surface area contributed by atoms with Crippen molar-refractivity contribution in [2.75, 3.05) is 19.8 Å². The highest BCUT2D eigenvalue weighted by Gasteiger charge is 2.51. The standard InChI is InChI=1S/C67H112O17P2/c1-13-47(2)24-14-25-48(3)26-15-27-49(4)28-16-29-50(5)30-17-31-51(6)32-18-33-52(7)34-19-35-53(8)36-20-37-54(9)38-21-39-55(10)40-22-41-56(11)42-23-43-57(12)46-79-85(75,76)84-86(77,78)83-67-64(74)65(61(71)59(45-69)81-67)82-66-63(73)62(72)60(70)58(44-68)80-66/h13,25,27,29,31,33,35,37,39,41,43,58-74H,14-24,26,28,30,32,34,36,38,40,42,44-46H2,1-12H3,(H,75,76)(H,77,78)/p-2/b47-13-,48-25-,49-27-,50-29-,51-31-,52-33-,53-35-,54-37-,55-39+,56-41+,57-43+/t58-,59-,60-,61+,62+,63-,64-,65+,66+,67-/m1/s1. The number of aliphatic hydroxyl groups excluding tert-OH is 7. The SMILES string of the molecule is C/C=C(/C)CC/C=C(/C)CC/C=C(/C)CC/C=C(/C)CC/C=C(/C)CC/C=C(/C)CC/C=C(/C)CC/C=C(/C)CC/C=C(\C)CC/C=C(\C)CC/C=C(\C)COP(=O)([O-])OP(=O)([O-])O[C@H]1O[C@H](CO)[C@H](O)[C@H](O[C@@H]2O[C@H](CO)[C@@H](O)[C@H](O)[C@H]2O)[C@H]1O. The molecule has 12 atom stereocenters. The average Bonchev–Trinajstić information content (AvgIpc) is 1.51. The number of phosphoric ester groups is 2. The lowest BCUT2D eigenvalue weighted by Crippen LogP contribution is -2.64. The molecular weight excluding hydrogens is 1140 g/mol. The van der Waals surface area contributed by atoms with Crippen molar-refractivity contribution in [3.63, 3.8) is 0 Å². The molecule has 0 amide bonds. The Hall–Kier alpha value is -3.00. The van der Waals surface area contributed by atoms with E-state index in [0.29, 0.717) is 18.4 Å². The van der Waals surface area contributed by atoms with Crippen LogP contribution >= 0.6 is 15.6 Å². The summed E-state index contributed by atoms with van der Waals surface area (Å²) in [5, 5.41) is 71.2. The van der Waals surface area contributed by atoms with Crippen LogP contribution in [-0.4, -0.2) is 117 Å². The summed E-state index contributed by atoms with van der Waals surface area (Å²) in [5.74, 6) is 0. The molecule has 0 radical (unpaired) electrons. The molecule has 2 unspecified atom stereocenters. The van der Waals surface area contributed by atoms with Gasteiger partial charge >= 0.3 is 0 Å². The zero-order valence-electron chi connectivity index (χ0n) is 54.0. The minimum atomic E-state index is -5.92. The Morgan fingerprint density at radius 3 is 1.00 bits per heavy atom. The van der Waals surface area contributed by atoms with Crippen LogP contribution in [0.1, 0.15) is 212 Å². The van der Waals surface area contributed by atoms with Crippen molar-refractivity contribution in [3.05, 3.63) is 128 Å². The molecule has 2 aliphatic heterocycles. The van der Waals surface area contributed by atoms with E-state index in [1.807, 2.05) is 6.92 Å². The highest BCUT2D eigenvalue weighted by molar-refractivity contribution is 7.59. The maximum Gasteiger partial charge on any atom is 0.276 e. The average molecular weight is 1250 g/mol. The van der Waals surface area contributed by atoms with Crippen LogP contribution in [0.3, 0.4) is 0 Å². The van der Waals surface area contributed by atoms with Crippen LogP contribution in [0, 0.1) is 0 Å². The van der Waals surface area contributed by atoms with E-state index in [-0.39, 0.29) is 0 Å². The van der Waals surface area contributed by atoms with E-state index in [2.05, 4.69) is 139 Å². The maximum atomic E-state index is 12.7. The fourth-order valence-corrected chi connectivity index (χ4v) is 11.8. The van der Waals surface area contributed by atoms with Gasteiger partial charge in [-0.3, -0.25) is 13.7 Å². The number of hydrogen-bond acceptors (Lipinski definition) is 17. The van der Waals surface area contributed by atoms with E-state index in [9.17, 15) is 54.7 Å². The molecule has 0 aliphatic carbocycles. The number of allylic oxidation sites excluding steroid dienone is 21. The highest BCUT2D eigenvalue weighted by Crippen LogP contribution is 2.57. The molecule has 86 heavy (non-hydrogen) atoms. The molecule has 17 nitrogen and oxygen atoms in total. The molecule has 2 rings (SSSR count). The Balaban J connectivity index is 1.65. The van der Waals surface area contributed by atoms with E-state index in [4.69, 9.17) is 18.7 Å². The van der Waals surface area contributed by atoms with Crippen LogP contribution in [0.25, 0.3) is 0 Å². The number of hydrogen-bond donors (Lipinski definition) is 7. The zero-order valence-corrected chi connectivity index (χ0v) is 55.8. The van der Waals surface area contributed by atoms with E-state index in [1.165, 1.54) is 50.2 Å². The molecule has 19 heteroatoms. The summed E-state index contributed by atoms with van der Waals surface area (Å²) in [6.07, 6.45) is 26.9. The van der Waals surface area contributed by atoms with Gasteiger partial charge in [0.1, 0.15) is 48.8 Å². The van der Waals surface area contributed by atoms with Crippen molar-refractivity contribution in [1.29, 1.82) is 0 Å². The van der Waals surface area contributed by atoms with Crippen LogP contribution in [0.4, 0.5) is 0 Å². The Morgan fingerprint density at radius 2 is 0.686 bits per heavy atom. The molecule has 2 saturated heterocycles. The lowest BCUT2D eigenvalue weighted by molar-refractivity contribution is -0.357. The van der Waals surface area contributed by atoms with Crippen LogP contribution in [0.15, 0.2) is 128 Å². The summed E-state index contributed by atoms with van der Waals surface area (Å²) in [6, 6.07) is 0. The summed E-state index contributed by atoms with van der Waals surface area (Å²) < 4.78 is 54.7. The van der Waals surface area contributed by atoms with Crippen LogP contribution < -0.4 is 9.79 Å². The molecular formula is C67H110O17P2-2. The molecule has 0 bridgehead atoms. The lowest BCUT2D eigenvalue weighted by Gasteiger charge is -2.46. The first-order valence-corrected chi connectivity index (χ1v) is 34.0. The summed E-state index contributed by atoms with van der Waals surface area (Å²) in [5.41, 5.74) is 14.7. The van der Waals surface area contributed by atoms with Gasteiger partial charge in [-0.2, -0.15) is 0 Å². The second-order valence-corrected chi connectivity index (χ2v) is 26.8. The largest absolute Gasteiger partial charge is 0.756 e. The van der Waals surface area contributed by atoms with Gasteiger partial charge < -0.3 is 64.3 Å². The van der Waals surface area contributed by atoms with Crippen molar-refractivity contribution in [3.8, 4) is 0 Å². The summed E-state index contributed by atoms with van der Waals surface area (Å²) in [6.45, 7) is 23.5. The van der Waals surface area contributed by atoms with Gasteiger partial charge in [-0.25, -0.2) is 4.31 Å². The minimum absolute atomic E-state index is 0.470. The second-order valence-electron chi connectivity index (χ2n) is 23.9. The van der Waals surface area contributed by atoms with Gasteiger partial charge in [0.25, 0.3) is 15.6 Å². The molecule has 2 aliphatic rings. The first kappa shape index (κ1) is 79.1. The fourth-order valence-electron chi connectivity index (χ4n) is 9.69. The third kappa shape index (κ3) is 33.7. The predicted octanol–water partition coefficient (Wildman–Crippen LogP) is 12.8. The number of ether oxygens (including phenoxy) is 3. The number of phosphoric acid groups is 2. The Bertz CT molecular complexity index is 2460. The molecule has 2 fully saturated rings. The zero-order chi connectivity index (χ0) is 64.4. The molecule has 2 heterocycles. The maximum absolute atomic E-state index is 12.7. The Kier molecular flexibility index (Phi) is 39.4. The summed E-state index contributed by atoms with van der Waals surface area (Å²) >= 11 is 0. The van der Waals surface area contributed by atoms with Gasteiger partial charge in [0, 0.05) is 0 Å². The van der Waals surface area contributed by atoms with Gasteiger partial charge in [0.2, 0.25) is 0 Å². The van der Waals surface area contributed by atoms with Crippen LogP contribution in [-0.2, 0) is 36.7 Å². The molecule has 0 aromatic rings. The van der Waals surface area contributed by atoms with Gasteiger partial charge in [0.15, 0.2) is 12.6 Å². The van der Waals surface area contributed by atoms with Crippen molar-refractivity contribution >= 4 is 15.6 Å². The van der Waals surface area contributed by atoms with E-state index < -0.39 is 96.9 Å². The topological polar surface area (TPSA) is 277 Å². The lowest BCUT2D eigenvalue weighted by atomic mass is 9.97. The number of aliphatic hydroxyl groups is 7. The summed E-state index contributed by atoms with van der Waals surface area (Å²) in [4.78, 5) is 25.3. The van der Waals surface area contributed by atoms with Crippen molar-refractivity contribution in [2.45, 2.75) is 273 Å². The minimum Gasteiger partial charge on any atom is -0.756 e. The van der Waals surface area contributed by atoms with Gasteiger partial charge in [-0.1, -0.05) is 128 Å². The van der Waals surface area contributed by atoms with Gasteiger partial charge in [0.05, 0.1) is 19.8 Å². The van der Waals surface area contributed by atoms with E-state index in [0.717, 1.165) is 121 Å². The first-order chi connectivity index (χ1) is 40.6. The quantitative estimate of drug-likeness (QED) is 0.0221. The van der Waals surface area contributed by atoms with Crippen LogP contribution in [0.2, 0.25) is 0 Å². The highest BCUT2D eigenvalue weighted by atomic mass is 31.3. The van der Waals surface area contributed by atoms with Crippen molar-refractivity contribution in [1.82, 2.24) is 0 Å². The van der Waals surface area contributed by atoms with Crippen molar-refractivity contribution in [2.24, 2.45) is 0 Å². The Labute approximate surface area is 516 Å². The predicted molar refractivity (Wildman–Crippen MR) is 339 cm³/mol. The van der Waals surface area contributed by atoms with E-state index >= 15 is 0 Å². The normalized spacial score (nSPS) is 26.5. The van der Waals surface area contributed by atoms with Gasteiger partial charge in [-0.05, 0) is 212 Å². The second kappa shape index (κ2) is 42.9. The molecule has 7 N–H and O–H groups in total. The monoisotopic (exact) mass is 1250 g/mol. The third-order valence-electron chi connectivity index (χ3n) is 15.7. The molecule has 0 saturated carbocycles.